The number of nitrogens with zero attached hydrogens (tertiary/aromatic N) is 2. The molecule has 0 radical (unpaired) electrons. The van der Waals surface area contributed by atoms with Crippen LogP contribution in [0.25, 0.3) is 0 Å². The van der Waals surface area contributed by atoms with Crippen LogP contribution in [0.2, 0.25) is 0 Å². The van der Waals surface area contributed by atoms with Crippen molar-refractivity contribution in [1.29, 1.82) is 0 Å². The van der Waals surface area contributed by atoms with E-state index in [-0.39, 0.29) is 11.4 Å². The molecule has 0 unspecified atom stereocenters. The van der Waals surface area contributed by atoms with Crippen molar-refractivity contribution in [1.82, 2.24) is 4.98 Å². The molecule has 1 aromatic rings. The van der Waals surface area contributed by atoms with Crippen LogP contribution in [0.4, 0.5) is 11.5 Å². The predicted molar refractivity (Wildman–Crippen MR) is 75.2 cm³/mol. The molecule has 2 N–H and O–H groups in total. The number of nitrogen functional groups attached to an aromatic ring is 1. The van der Waals surface area contributed by atoms with E-state index in [1.807, 2.05) is 0 Å². The first-order valence-electron chi connectivity index (χ1n) is 6.60. The minimum absolute atomic E-state index is 0.257. The number of aromatic nitrogens is 1. The van der Waals surface area contributed by atoms with Gasteiger partial charge in [0.25, 0.3) is 0 Å². The number of carbonyl (C=O) groups is 1. The van der Waals surface area contributed by atoms with Crippen molar-refractivity contribution in [2.75, 3.05) is 30.3 Å². The van der Waals surface area contributed by atoms with Crippen molar-refractivity contribution in [3.63, 3.8) is 0 Å². The SMILES string of the molecule is CCOC(=O)c1cc(N)ncc1N1CCC(C)(C)C1. The standard InChI is InChI=1S/C14H21N3O2/c1-4-19-13(18)10-7-12(15)16-8-11(10)17-6-5-14(2,3)9-17/h7-8H,4-6,9H2,1-3H3,(H2,15,16). The fraction of sp³-hybridized carbons (Fsp3) is 0.571. The smallest absolute Gasteiger partial charge is 0.340 e. The highest BCUT2D eigenvalue weighted by atomic mass is 16.5. The zero-order valence-electron chi connectivity index (χ0n) is 11.8. The lowest BCUT2D eigenvalue weighted by molar-refractivity contribution is 0.0527. The summed E-state index contributed by atoms with van der Waals surface area (Å²) in [4.78, 5) is 18.3. The van der Waals surface area contributed by atoms with E-state index in [0.717, 1.165) is 25.2 Å². The van der Waals surface area contributed by atoms with Crippen LogP contribution in [0, 0.1) is 5.41 Å². The normalized spacial score (nSPS) is 17.5. The van der Waals surface area contributed by atoms with Gasteiger partial charge >= 0.3 is 5.97 Å². The Balaban J connectivity index is 2.32. The van der Waals surface area contributed by atoms with Gasteiger partial charge in [-0.3, -0.25) is 0 Å². The second kappa shape index (κ2) is 5.07. The molecular formula is C14H21N3O2. The third kappa shape index (κ3) is 2.97. The first-order valence-corrected chi connectivity index (χ1v) is 6.60. The summed E-state index contributed by atoms with van der Waals surface area (Å²) in [7, 11) is 0. The van der Waals surface area contributed by atoms with E-state index in [1.54, 1.807) is 19.2 Å². The Morgan fingerprint density at radius 1 is 1.58 bits per heavy atom. The topological polar surface area (TPSA) is 68.5 Å². The monoisotopic (exact) mass is 263 g/mol. The maximum absolute atomic E-state index is 12.0. The van der Waals surface area contributed by atoms with Gasteiger partial charge in [-0.25, -0.2) is 9.78 Å². The van der Waals surface area contributed by atoms with E-state index >= 15 is 0 Å². The molecule has 1 aliphatic heterocycles. The number of rotatable bonds is 3. The van der Waals surface area contributed by atoms with Crippen LogP contribution in [0.15, 0.2) is 12.3 Å². The average molecular weight is 263 g/mol. The predicted octanol–water partition coefficient (Wildman–Crippen LogP) is 2.08. The molecule has 0 saturated carbocycles. The van der Waals surface area contributed by atoms with Gasteiger partial charge in [0, 0.05) is 13.1 Å². The van der Waals surface area contributed by atoms with Gasteiger partial charge in [-0.2, -0.15) is 0 Å². The molecule has 1 fully saturated rings. The van der Waals surface area contributed by atoms with E-state index in [0.29, 0.717) is 18.0 Å². The molecule has 0 atom stereocenters. The molecule has 1 saturated heterocycles. The number of pyridine rings is 1. The molecular weight excluding hydrogens is 242 g/mol. The molecule has 0 aromatic carbocycles. The van der Waals surface area contributed by atoms with E-state index < -0.39 is 0 Å². The van der Waals surface area contributed by atoms with Crippen LogP contribution in [-0.2, 0) is 4.74 Å². The quantitative estimate of drug-likeness (QED) is 0.846. The number of anilines is 2. The van der Waals surface area contributed by atoms with Gasteiger partial charge in [0.05, 0.1) is 24.1 Å². The molecule has 0 bridgehead atoms. The van der Waals surface area contributed by atoms with Crippen molar-refractivity contribution in [2.45, 2.75) is 27.2 Å². The molecule has 19 heavy (non-hydrogen) atoms. The highest BCUT2D eigenvalue weighted by molar-refractivity contribution is 5.96. The van der Waals surface area contributed by atoms with E-state index in [9.17, 15) is 4.79 Å². The highest BCUT2D eigenvalue weighted by Gasteiger charge is 2.31. The minimum atomic E-state index is -0.337. The summed E-state index contributed by atoms with van der Waals surface area (Å²) in [5.74, 6) is 0.00145. The Hall–Kier alpha value is -1.78. The molecule has 2 heterocycles. The van der Waals surface area contributed by atoms with Crippen molar-refractivity contribution in [2.24, 2.45) is 5.41 Å². The van der Waals surface area contributed by atoms with Crippen LogP contribution < -0.4 is 10.6 Å². The zero-order chi connectivity index (χ0) is 14.0. The number of hydrogen-bond donors (Lipinski definition) is 1. The minimum Gasteiger partial charge on any atom is -0.462 e. The Morgan fingerprint density at radius 2 is 2.32 bits per heavy atom. The third-order valence-corrected chi connectivity index (χ3v) is 3.42. The summed E-state index contributed by atoms with van der Waals surface area (Å²) in [6.45, 7) is 8.42. The maximum Gasteiger partial charge on any atom is 0.340 e. The van der Waals surface area contributed by atoms with Gasteiger partial charge in [-0.1, -0.05) is 13.8 Å². The Morgan fingerprint density at radius 3 is 2.89 bits per heavy atom. The molecule has 2 rings (SSSR count). The van der Waals surface area contributed by atoms with Crippen LogP contribution >= 0.6 is 0 Å². The van der Waals surface area contributed by atoms with Gasteiger partial charge in [0.2, 0.25) is 0 Å². The van der Waals surface area contributed by atoms with Gasteiger partial charge in [-0.15, -0.1) is 0 Å². The maximum atomic E-state index is 12.0. The lowest BCUT2D eigenvalue weighted by Gasteiger charge is -2.23. The first kappa shape index (κ1) is 13.6. The lowest BCUT2D eigenvalue weighted by atomic mass is 9.93. The second-order valence-electron chi connectivity index (χ2n) is 5.68. The zero-order valence-corrected chi connectivity index (χ0v) is 11.8. The summed E-state index contributed by atoms with van der Waals surface area (Å²) < 4.78 is 5.09. The number of carbonyl (C=O) groups excluding carboxylic acids is 1. The van der Waals surface area contributed by atoms with Gasteiger partial charge in [0.15, 0.2) is 0 Å². The molecule has 0 spiro atoms. The Bertz CT molecular complexity index is 486. The molecule has 0 aliphatic carbocycles. The fourth-order valence-corrected chi connectivity index (χ4v) is 2.41. The van der Waals surface area contributed by atoms with Crippen LogP contribution in [0.3, 0.4) is 0 Å². The Labute approximate surface area is 113 Å². The number of esters is 1. The molecule has 1 aromatic heterocycles. The third-order valence-electron chi connectivity index (χ3n) is 3.42. The highest BCUT2D eigenvalue weighted by Crippen LogP contribution is 2.34. The molecule has 104 valence electrons. The van der Waals surface area contributed by atoms with Crippen molar-refractivity contribution in [3.05, 3.63) is 17.8 Å². The summed E-state index contributed by atoms with van der Waals surface area (Å²) in [5.41, 5.74) is 7.26. The van der Waals surface area contributed by atoms with Gasteiger partial charge in [-0.05, 0) is 24.8 Å². The van der Waals surface area contributed by atoms with Gasteiger partial charge < -0.3 is 15.4 Å². The first-order chi connectivity index (χ1) is 8.93. The van der Waals surface area contributed by atoms with E-state index in [4.69, 9.17) is 10.5 Å². The Kier molecular flexibility index (Phi) is 3.64. The molecule has 5 heteroatoms. The average Bonchev–Trinajstić information content (AvgIpc) is 2.70. The van der Waals surface area contributed by atoms with Crippen LogP contribution in [0.5, 0.6) is 0 Å². The van der Waals surface area contributed by atoms with E-state index in [2.05, 4.69) is 23.7 Å². The van der Waals surface area contributed by atoms with Crippen molar-refractivity contribution < 1.29 is 9.53 Å². The largest absolute Gasteiger partial charge is 0.462 e. The number of ether oxygens (including phenoxy) is 1. The summed E-state index contributed by atoms with van der Waals surface area (Å²) in [5, 5.41) is 0. The van der Waals surface area contributed by atoms with Gasteiger partial charge in [0.1, 0.15) is 5.82 Å². The number of nitrogens with two attached hydrogens (primary N) is 1. The molecule has 1 aliphatic rings. The number of hydrogen-bond acceptors (Lipinski definition) is 5. The second-order valence-corrected chi connectivity index (χ2v) is 5.68. The van der Waals surface area contributed by atoms with Crippen molar-refractivity contribution in [3.8, 4) is 0 Å². The fourth-order valence-electron chi connectivity index (χ4n) is 2.41. The summed E-state index contributed by atoms with van der Waals surface area (Å²) in [6, 6.07) is 1.60. The van der Waals surface area contributed by atoms with Crippen molar-refractivity contribution >= 4 is 17.5 Å². The lowest BCUT2D eigenvalue weighted by Crippen LogP contribution is -2.25. The van der Waals surface area contributed by atoms with Crippen LogP contribution in [-0.4, -0.2) is 30.6 Å². The summed E-state index contributed by atoms with van der Waals surface area (Å²) >= 11 is 0. The van der Waals surface area contributed by atoms with E-state index in [1.165, 1.54) is 0 Å². The molecule has 5 nitrogen and oxygen atoms in total. The molecule has 0 amide bonds. The summed E-state index contributed by atoms with van der Waals surface area (Å²) in [6.07, 6.45) is 2.77. The van der Waals surface area contributed by atoms with Crippen LogP contribution in [0.1, 0.15) is 37.6 Å².